The number of nitro groups is 1. The maximum absolute atomic E-state index is 11.6. The average molecular weight is 244 g/mol. The van der Waals surface area contributed by atoms with Gasteiger partial charge in [-0.3, -0.25) is 14.9 Å². The zero-order valence-electron chi connectivity index (χ0n) is 10.7. The van der Waals surface area contributed by atoms with Crippen LogP contribution in [-0.4, -0.2) is 30.0 Å². The fourth-order valence-corrected chi connectivity index (χ4v) is 1.62. The zero-order valence-corrected chi connectivity index (χ0v) is 10.7. The quantitative estimate of drug-likeness (QED) is 0.437. The van der Waals surface area contributed by atoms with Crippen LogP contribution in [-0.2, 0) is 9.53 Å². The fraction of sp³-hybridized carbons (Fsp3) is 0.833. The second kappa shape index (κ2) is 9.10. The van der Waals surface area contributed by atoms with Crippen molar-refractivity contribution < 1.29 is 14.5 Å². The largest absolute Gasteiger partial charge is 0.381 e. The highest BCUT2D eigenvalue weighted by Crippen LogP contribution is 2.12. The predicted molar refractivity (Wildman–Crippen MR) is 65.3 cm³/mol. The molecule has 0 bridgehead atoms. The molecule has 99 valence electrons. The molecule has 0 aromatic rings. The lowest BCUT2D eigenvalue weighted by Gasteiger charge is -2.14. The van der Waals surface area contributed by atoms with Crippen LogP contribution in [0.2, 0.25) is 0 Å². The second-order valence-corrected chi connectivity index (χ2v) is 4.17. The van der Waals surface area contributed by atoms with Crippen LogP contribution in [0.4, 0.5) is 0 Å². The van der Waals surface area contributed by atoms with Gasteiger partial charge < -0.3 is 4.74 Å². The van der Waals surface area contributed by atoms with Gasteiger partial charge in [0.05, 0.1) is 12.5 Å². The molecule has 0 aliphatic heterocycles. The molecule has 2 unspecified atom stereocenters. The first-order chi connectivity index (χ1) is 8.04. The number of methoxy groups -OCH3 is 1. The summed E-state index contributed by atoms with van der Waals surface area (Å²) in [6.45, 7) is 5.55. The van der Waals surface area contributed by atoms with Crippen LogP contribution >= 0.6 is 0 Å². The fourth-order valence-electron chi connectivity index (χ4n) is 1.62. The summed E-state index contributed by atoms with van der Waals surface area (Å²) in [5, 5.41) is 10.6. The van der Waals surface area contributed by atoms with Crippen LogP contribution in [0, 0.1) is 17.0 Å². The van der Waals surface area contributed by atoms with E-state index in [4.69, 9.17) is 4.74 Å². The molecule has 0 amide bonds. The third-order valence-corrected chi connectivity index (χ3v) is 2.76. The van der Waals surface area contributed by atoms with Crippen molar-refractivity contribution in [2.45, 2.75) is 57.6 Å². The van der Waals surface area contributed by atoms with Crippen molar-refractivity contribution in [1.82, 2.24) is 0 Å². The summed E-state index contributed by atoms with van der Waals surface area (Å²) < 4.78 is 5.19. The number of ether oxygens (including phenoxy) is 1. The number of hydrogen-bond acceptors (Lipinski definition) is 4. The van der Waals surface area contributed by atoms with E-state index in [1.807, 2.05) is 0 Å². The van der Waals surface area contributed by atoms with Gasteiger partial charge in [-0.05, 0) is 13.3 Å². The Morgan fingerprint density at radius 2 is 2.12 bits per heavy atom. The van der Waals surface area contributed by atoms with Crippen molar-refractivity contribution in [2.75, 3.05) is 7.11 Å². The van der Waals surface area contributed by atoms with E-state index in [2.05, 4.69) is 13.8 Å². The minimum atomic E-state index is -0.855. The van der Waals surface area contributed by atoms with Gasteiger partial charge in [0.15, 0.2) is 0 Å². The number of ketones is 1. The summed E-state index contributed by atoms with van der Waals surface area (Å²) in [5.74, 6) is -0.113. The molecule has 5 nitrogen and oxygen atoms in total. The minimum Gasteiger partial charge on any atom is -0.381 e. The molecule has 0 saturated carbocycles. The first-order valence-corrected chi connectivity index (χ1v) is 6.02. The maximum Gasteiger partial charge on any atom is 0.220 e. The Labute approximate surface area is 103 Å². The van der Waals surface area contributed by atoms with Crippen LogP contribution in [0.1, 0.15) is 45.4 Å². The van der Waals surface area contributed by atoms with Gasteiger partial charge in [-0.15, -0.1) is 0 Å². The van der Waals surface area contributed by atoms with Crippen molar-refractivity contribution in [1.29, 1.82) is 0 Å². The Bertz CT molecular complexity index is 243. The van der Waals surface area contributed by atoms with Crippen LogP contribution < -0.4 is 0 Å². The zero-order chi connectivity index (χ0) is 13.3. The van der Waals surface area contributed by atoms with E-state index < -0.39 is 11.0 Å². The number of carbonyl (C=O) groups excluding carboxylic acids is 1. The van der Waals surface area contributed by atoms with Crippen LogP contribution in [0.25, 0.3) is 0 Å². The summed E-state index contributed by atoms with van der Waals surface area (Å²) in [6, 6.07) is -0.855. The standard InChI is InChI=1S/C12H22NO4/c1-4-6-7-12(17-3)9-11(14)8-10(5-2)13(15)16/h10,12H,2,4-9H2,1,3H3. The van der Waals surface area contributed by atoms with Crippen molar-refractivity contribution >= 4 is 5.78 Å². The number of rotatable bonds is 10. The van der Waals surface area contributed by atoms with Gasteiger partial charge in [-0.25, -0.2) is 0 Å². The molecule has 0 rings (SSSR count). The molecule has 0 fully saturated rings. The predicted octanol–water partition coefficient (Wildman–Crippen LogP) is 2.41. The second-order valence-electron chi connectivity index (χ2n) is 4.17. The van der Waals surface area contributed by atoms with Crippen molar-refractivity contribution in [3.8, 4) is 0 Å². The molecule has 0 heterocycles. The minimum absolute atomic E-state index is 0.0392. The van der Waals surface area contributed by atoms with E-state index in [-0.39, 0.29) is 31.1 Å². The lowest BCUT2D eigenvalue weighted by atomic mass is 10.0. The van der Waals surface area contributed by atoms with Crippen molar-refractivity contribution in [3.05, 3.63) is 17.0 Å². The lowest BCUT2D eigenvalue weighted by Crippen LogP contribution is -2.25. The third kappa shape index (κ3) is 7.05. The SMILES string of the molecule is [CH2]CC(CC(=O)CC(CCCC)OC)[N+](=O)[O-]. The first-order valence-electron chi connectivity index (χ1n) is 6.02. The molecule has 0 aromatic carbocycles. The number of carbonyl (C=O) groups is 1. The number of nitrogens with zero attached hydrogens (tertiary/aromatic N) is 1. The molecule has 2 atom stereocenters. The van der Waals surface area contributed by atoms with Gasteiger partial charge in [0.1, 0.15) is 5.78 Å². The smallest absolute Gasteiger partial charge is 0.220 e. The highest BCUT2D eigenvalue weighted by atomic mass is 16.6. The Kier molecular flexibility index (Phi) is 8.58. The molecular weight excluding hydrogens is 222 g/mol. The Balaban J connectivity index is 4.08. The van der Waals surface area contributed by atoms with E-state index >= 15 is 0 Å². The Morgan fingerprint density at radius 3 is 2.53 bits per heavy atom. The first kappa shape index (κ1) is 16.0. The number of Topliss-reactive ketones (excluding diaryl/α,β-unsaturated/α-hetero) is 1. The van der Waals surface area contributed by atoms with Crippen LogP contribution in [0.15, 0.2) is 0 Å². The van der Waals surface area contributed by atoms with Crippen LogP contribution in [0.5, 0.6) is 0 Å². The number of unbranched alkanes of at least 4 members (excludes halogenated alkanes) is 1. The number of hydrogen-bond donors (Lipinski definition) is 0. The van der Waals surface area contributed by atoms with Gasteiger partial charge in [0.25, 0.3) is 0 Å². The van der Waals surface area contributed by atoms with E-state index in [0.29, 0.717) is 0 Å². The summed E-state index contributed by atoms with van der Waals surface area (Å²) in [5.41, 5.74) is 0. The molecular formula is C12H22NO4. The molecule has 0 spiro atoms. The molecule has 0 saturated heterocycles. The van der Waals surface area contributed by atoms with Gasteiger partial charge >= 0.3 is 0 Å². The van der Waals surface area contributed by atoms with Crippen LogP contribution in [0.3, 0.4) is 0 Å². The van der Waals surface area contributed by atoms with E-state index in [9.17, 15) is 14.9 Å². The molecule has 0 aromatic heterocycles. The lowest BCUT2D eigenvalue weighted by molar-refractivity contribution is -0.520. The Morgan fingerprint density at radius 1 is 1.47 bits per heavy atom. The summed E-state index contributed by atoms with van der Waals surface area (Å²) >= 11 is 0. The van der Waals surface area contributed by atoms with Crippen molar-refractivity contribution in [2.24, 2.45) is 0 Å². The summed E-state index contributed by atoms with van der Waals surface area (Å²) in [6.07, 6.45) is 3.13. The highest BCUT2D eigenvalue weighted by molar-refractivity contribution is 5.79. The molecule has 0 aliphatic carbocycles. The van der Waals surface area contributed by atoms with Crippen molar-refractivity contribution in [3.63, 3.8) is 0 Å². The van der Waals surface area contributed by atoms with Gasteiger partial charge in [0, 0.05) is 24.9 Å². The van der Waals surface area contributed by atoms with E-state index in [1.165, 1.54) is 0 Å². The van der Waals surface area contributed by atoms with E-state index in [0.717, 1.165) is 19.3 Å². The maximum atomic E-state index is 11.6. The molecule has 0 N–H and O–H groups in total. The van der Waals surface area contributed by atoms with Gasteiger partial charge in [0.2, 0.25) is 6.04 Å². The topological polar surface area (TPSA) is 69.4 Å². The molecule has 17 heavy (non-hydrogen) atoms. The van der Waals surface area contributed by atoms with E-state index in [1.54, 1.807) is 7.11 Å². The normalized spacial score (nSPS) is 14.3. The monoisotopic (exact) mass is 244 g/mol. The summed E-state index contributed by atoms with van der Waals surface area (Å²) in [7, 11) is 1.57. The molecule has 1 radical (unpaired) electrons. The average Bonchev–Trinajstić information content (AvgIpc) is 2.30. The van der Waals surface area contributed by atoms with Gasteiger partial charge in [-0.2, -0.15) is 0 Å². The molecule has 5 heteroatoms. The molecule has 0 aliphatic rings. The summed E-state index contributed by atoms with van der Waals surface area (Å²) in [4.78, 5) is 21.8. The third-order valence-electron chi connectivity index (χ3n) is 2.76. The Hall–Kier alpha value is -0.970. The van der Waals surface area contributed by atoms with Gasteiger partial charge in [-0.1, -0.05) is 19.8 Å². The highest BCUT2D eigenvalue weighted by Gasteiger charge is 2.23.